The third-order valence-electron chi connectivity index (χ3n) is 3.53. The normalized spacial score (nSPS) is 13.1. The maximum atomic E-state index is 12.1. The molecule has 0 bridgehead atoms. The summed E-state index contributed by atoms with van der Waals surface area (Å²) in [6.07, 6.45) is 0.838. The number of carbonyl (C=O) groups is 1. The van der Waals surface area contributed by atoms with Gasteiger partial charge in [0.05, 0.1) is 13.2 Å². The van der Waals surface area contributed by atoms with Crippen molar-refractivity contribution in [1.29, 1.82) is 0 Å². The van der Waals surface area contributed by atoms with Crippen LogP contribution in [0.4, 0.5) is 5.69 Å². The molecule has 1 amide bonds. The molecule has 0 fully saturated rings. The number of fused-ring (bicyclic) bond motifs is 1. The minimum Gasteiger partial charge on any atom is -0.490 e. The number of carbonyl (C=O) groups excluding carboxylic acids is 1. The summed E-state index contributed by atoms with van der Waals surface area (Å²) in [6, 6.07) is 10.6. The number of halogens is 1. The van der Waals surface area contributed by atoms with E-state index in [2.05, 4.69) is 5.32 Å². The Balaban J connectivity index is 1.59. The van der Waals surface area contributed by atoms with Gasteiger partial charge in [-0.15, -0.1) is 0 Å². The maximum absolute atomic E-state index is 12.1. The Kier molecular flexibility index (Phi) is 5.11. The lowest BCUT2D eigenvalue weighted by Gasteiger charge is -2.12. The van der Waals surface area contributed by atoms with Crippen LogP contribution in [0, 0.1) is 6.92 Å². The van der Waals surface area contributed by atoms with Gasteiger partial charge in [0.1, 0.15) is 5.75 Å². The third-order valence-corrected chi connectivity index (χ3v) is 3.76. The Morgan fingerprint density at radius 3 is 2.75 bits per heavy atom. The van der Waals surface area contributed by atoms with Gasteiger partial charge in [-0.25, -0.2) is 0 Å². The summed E-state index contributed by atoms with van der Waals surface area (Å²) in [7, 11) is 0. The summed E-state index contributed by atoms with van der Waals surface area (Å²) in [5, 5.41) is 3.42. The summed E-state index contributed by atoms with van der Waals surface area (Å²) < 4.78 is 16.7. The highest BCUT2D eigenvalue weighted by molar-refractivity contribution is 6.30. The number of anilines is 1. The van der Waals surface area contributed by atoms with Crippen molar-refractivity contribution in [3.63, 3.8) is 0 Å². The monoisotopic (exact) mass is 347 g/mol. The van der Waals surface area contributed by atoms with Crippen molar-refractivity contribution in [3.05, 3.63) is 47.0 Å². The standard InChI is InChI=1S/C18H18ClNO4/c1-12-9-13(19)3-5-15(12)24-11-18(21)20-14-4-6-16-17(10-14)23-8-2-7-22-16/h3-6,9-10H,2,7-8,11H2,1H3,(H,20,21). The van der Waals surface area contributed by atoms with Crippen molar-refractivity contribution in [2.75, 3.05) is 25.1 Å². The fourth-order valence-corrected chi connectivity index (χ4v) is 2.58. The molecule has 1 heterocycles. The van der Waals surface area contributed by atoms with Crippen LogP contribution in [0.5, 0.6) is 17.2 Å². The first kappa shape index (κ1) is 16.5. The molecule has 1 N–H and O–H groups in total. The van der Waals surface area contributed by atoms with Gasteiger partial charge in [-0.3, -0.25) is 4.79 Å². The number of hydrogen-bond acceptors (Lipinski definition) is 4. The summed E-state index contributed by atoms with van der Waals surface area (Å²) in [4.78, 5) is 12.1. The van der Waals surface area contributed by atoms with E-state index in [4.69, 9.17) is 25.8 Å². The number of rotatable bonds is 4. The molecule has 126 valence electrons. The van der Waals surface area contributed by atoms with Gasteiger partial charge < -0.3 is 19.5 Å². The van der Waals surface area contributed by atoms with Crippen LogP contribution in [0.1, 0.15) is 12.0 Å². The van der Waals surface area contributed by atoms with Crippen LogP contribution < -0.4 is 19.5 Å². The Labute approximate surface area is 145 Å². The molecule has 5 nitrogen and oxygen atoms in total. The van der Waals surface area contributed by atoms with E-state index < -0.39 is 0 Å². The van der Waals surface area contributed by atoms with Crippen LogP contribution in [-0.2, 0) is 4.79 Å². The molecule has 0 aliphatic carbocycles. The number of ether oxygens (including phenoxy) is 3. The van der Waals surface area contributed by atoms with E-state index in [-0.39, 0.29) is 12.5 Å². The Morgan fingerprint density at radius 2 is 1.96 bits per heavy atom. The molecule has 0 unspecified atom stereocenters. The number of amides is 1. The first-order valence-corrected chi connectivity index (χ1v) is 8.08. The van der Waals surface area contributed by atoms with Crippen LogP contribution in [0.2, 0.25) is 5.02 Å². The highest BCUT2D eigenvalue weighted by Crippen LogP contribution is 2.32. The molecule has 2 aromatic rings. The highest BCUT2D eigenvalue weighted by Gasteiger charge is 2.12. The lowest BCUT2D eigenvalue weighted by Crippen LogP contribution is -2.20. The number of benzene rings is 2. The van der Waals surface area contributed by atoms with Gasteiger partial charge in [0, 0.05) is 23.2 Å². The van der Waals surface area contributed by atoms with Crippen LogP contribution in [-0.4, -0.2) is 25.7 Å². The third kappa shape index (κ3) is 4.11. The molecule has 24 heavy (non-hydrogen) atoms. The van der Waals surface area contributed by atoms with Crippen molar-refractivity contribution in [2.24, 2.45) is 0 Å². The van der Waals surface area contributed by atoms with Gasteiger partial charge in [-0.1, -0.05) is 11.6 Å². The predicted octanol–water partition coefficient (Wildman–Crippen LogP) is 3.83. The summed E-state index contributed by atoms with van der Waals surface area (Å²) in [5.41, 5.74) is 1.52. The maximum Gasteiger partial charge on any atom is 0.262 e. The van der Waals surface area contributed by atoms with E-state index in [1.807, 2.05) is 6.92 Å². The SMILES string of the molecule is Cc1cc(Cl)ccc1OCC(=O)Nc1ccc2c(c1)OCCCO2. The van der Waals surface area contributed by atoms with Crippen molar-refractivity contribution in [2.45, 2.75) is 13.3 Å². The molecule has 1 aliphatic rings. The number of hydrogen-bond donors (Lipinski definition) is 1. The second-order valence-electron chi connectivity index (χ2n) is 5.46. The zero-order valence-electron chi connectivity index (χ0n) is 13.3. The fourth-order valence-electron chi connectivity index (χ4n) is 2.36. The lowest BCUT2D eigenvalue weighted by atomic mass is 10.2. The number of aryl methyl sites for hydroxylation is 1. The van der Waals surface area contributed by atoms with Crippen LogP contribution >= 0.6 is 11.6 Å². The molecule has 6 heteroatoms. The van der Waals surface area contributed by atoms with Crippen LogP contribution in [0.15, 0.2) is 36.4 Å². The van der Waals surface area contributed by atoms with E-state index in [0.29, 0.717) is 41.2 Å². The van der Waals surface area contributed by atoms with Crippen molar-refractivity contribution < 1.29 is 19.0 Å². The van der Waals surface area contributed by atoms with E-state index in [1.54, 1.807) is 36.4 Å². The largest absolute Gasteiger partial charge is 0.490 e. The highest BCUT2D eigenvalue weighted by atomic mass is 35.5. The average molecular weight is 348 g/mol. The smallest absolute Gasteiger partial charge is 0.262 e. The molecular weight excluding hydrogens is 330 g/mol. The average Bonchev–Trinajstić information content (AvgIpc) is 2.79. The molecule has 0 saturated carbocycles. The molecule has 3 rings (SSSR count). The Hall–Kier alpha value is -2.40. The van der Waals surface area contributed by atoms with E-state index in [0.717, 1.165) is 12.0 Å². The van der Waals surface area contributed by atoms with Crippen LogP contribution in [0.25, 0.3) is 0 Å². The number of nitrogens with one attached hydrogen (secondary N) is 1. The second kappa shape index (κ2) is 7.45. The van der Waals surface area contributed by atoms with E-state index >= 15 is 0 Å². The molecule has 0 aromatic heterocycles. The Bertz CT molecular complexity index is 748. The lowest BCUT2D eigenvalue weighted by molar-refractivity contribution is -0.118. The van der Waals surface area contributed by atoms with E-state index in [1.165, 1.54) is 0 Å². The first-order chi connectivity index (χ1) is 11.6. The molecule has 0 radical (unpaired) electrons. The molecule has 1 aliphatic heterocycles. The fraction of sp³-hybridized carbons (Fsp3) is 0.278. The van der Waals surface area contributed by atoms with E-state index in [9.17, 15) is 4.79 Å². The van der Waals surface area contributed by atoms with Crippen molar-refractivity contribution >= 4 is 23.2 Å². The zero-order valence-corrected chi connectivity index (χ0v) is 14.1. The van der Waals surface area contributed by atoms with Crippen molar-refractivity contribution in [3.8, 4) is 17.2 Å². The second-order valence-corrected chi connectivity index (χ2v) is 5.90. The molecule has 0 spiro atoms. The first-order valence-electron chi connectivity index (χ1n) is 7.70. The molecule has 2 aromatic carbocycles. The quantitative estimate of drug-likeness (QED) is 0.913. The van der Waals surface area contributed by atoms with Crippen molar-refractivity contribution in [1.82, 2.24) is 0 Å². The topological polar surface area (TPSA) is 56.8 Å². The summed E-state index contributed by atoms with van der Waals surface area (Å²) in [5.74, 6) is 1.71. The predicted molar refractivity (Wildman–Crippen MR) is 92.4 cm³/mol. The van der Waals surface area contributed by atoms with Gasteiger partial charge in [-0.2, -0.15) is 0 Å². The molecular formula is C18H18ClNO4. The molecule has 0 saturated heterocycles. The van der Waals surface area contributed by atoms with Gasteiger partial charge >= 0.3 is 0 Å². The van der Waals surface area contributed by atoms with Gasteiger partial charge in [0.25, 0.3) is 5.91 Å². The minimum absolute atomic E-state index is 0.0864. The van der Waals surface area contributed by atoms with Gasteiger partial charge in [0.2, 0.25) is 0 Å². The molecule has 0 atom stereocenters. The summed E-state index contributed by atoms with van der Waals surface area (Å²) >= 11 is 5.90. The van der Waals surface area contributed by atoms with Crippen LogP contribution in [0.3, 0.4) is 0 Å². The zero-order chi connectivity index (χ0) is 16.9. The van der Waals surface area contributed by atoms with Gasteiger partial charge in [0.15, 0.2) is 18.1 Å². The van der Waals surface area contributed by atoms with Gasteiger partial charge in [-0.05, 0) is 42.8 Å². The Morgan fingerprint density at radius 1 is 1.17 bits per heavy atom. The minimum atomic E-state index is -0.251. The summed E-state index contributed by atoms with van der Waals surface area (Å²) in [6.45, 7) is 3.02.